The lowest BCUT2D eigenvalue weighted by Gasteiger charge is -2.27. The van der Waals surface area contributed by atoms with Gasteiger partial charge in [-0.3, -0.25) is 24.2 Å². The van der Waals surface area contributed by atoms with Crippen molar-refractivity contribution in [3.63, 3.8) is 0 Å². The topological polar surface area (TPSA) is 70.8 Å². The van der Waals surface area contributed by atoms with Crippen molar-refractivity contribution in [3.05, 3.63) is 87.8 Å². The van der Waals surface area contributed by atoms with Crippen molar-refractivity contribution in [1.29, 1.82) is 0 Å². The van der Waals surface area contributed by atoms with E-state index in [-0.39, 0.29) is 39.3 Å². The quantitative estimate of drug-likeness (QED) is 0.589. The molecule has 28 heavy (non-hydrogen) atoms. The second-order valence-corrected chi connectivity index (χ2v) is 6.79. The maximum atomic E-state index is 13.0. The minimum atomic E-state index is -0.564. The largest absolute Gasteiger partial charge is 0.459 e. The number of benzene rings is 2. The second kappa shape index (κ2) is 7.14. The maximum Gasteiger partial charge on any atom is 0.295 e. The average Bonchev–Trinajstić information content (AvgIpc) is 3.32. The highest BCUT2D eigenvalue weighted by molar-refractivity contribution is 6.44. The first-order chi connectivity index (χ1) is 13.5. The molecule has 0 saturated heterocycles. The van der Waals surface area contributed by atoms with Gasteiger partial charge in [0, 0.05) is 0 Å². The number of imide groups is 1. The van der Waals surface area contributed by atoms with Gasteiger partial charge in [0.25, 0.3) is 17.7 Å². The number of fused-ring (bicyclic) bond motifs is 1. The van der Waals surface area contributed by atoms with E-state index in [0.717, 1.165) is 4.90 Å². The summed E-state index contributed by atoms with van der Waals surface area (Å²) < 4.78 is 5.19. The molecule has 0 bridgehead atoms. The van der Waals surface area contributed by atoms with Gasteiger partial charge >= 0.3 is 0 Å². The molecule has 8 heteroatoms. The fourth-order valence-corrected chi connectivity index (χ4v) is 3.39. The van der Waals surface area contributed by atoms with E-state index in [1.165, 1.54) is 17.2 Å². The van der Waals surface area contributed by atoms with Crippen molar-refractivity contribution in [3.8, 4) is 0 Å². The van der Waals surface area contributed by atoms with Crippen molar-refractivity contribution < 1.29 is 18.8 Å². The Morgan fingerprint density at radius 1 is 0.929 bits per heavy atom. The SMILES string of the molecule is O=C1c2ccccc2C(=O)N1CN(C(=O)c1ccco1)c1cccc(Cl)c1Cl. The molecule has 4 rings (SSSR count). The van der Waals surface area contributed by atoms with Crippen molar-refractivity contribution in [1.82, 2.24) is 4.90 Å². The first kappa shape index (κ1) is 18.3. The molecule has 3 aromatic rings. The molecule has 0 atom stereocenters. The van der Waals surface area contributed by atoms with E-state index in [0.29, 0.717) is 0 Å². The van der Waals surface area contributed by atoms with Crippen molar-refractivity contribution in [2.75, 3.05) is 11.6 Å². The number of hydrogen-bond acceptors (Lipinski definition) is 4. The third kappa shape index (κ3) is 2.96. The first-order valence-corrected chi connectivity index (χ1v) is 8.99. The van der Waals surface area contributed by atoms with Gasteiger partial charge in [0.1, 0.15) is 6.67 Å². The fourth-order valence-electron chi connectivity index (χ4n) is 2.99. The summed E-state index contributed by atoms with van der Waals surface area (Å²) in [6, 6.07) is 14.3. The summed E-state index contributed by atoms with van der Waals surface area (Å²) in [6.07, 6.45) is 1.35. The number of halogens is 2. The number of nitrogens with zero attached hydrogens (tertiary/aromatic N) is 2. The Hall–Kier alpha value is -3.09. The van der Waals surface area contributed by atoms with Crippen LogP contribution in [0.3, 0.4) is 0 Å². The summed E-state index contributed by atoms with van der Waals surface area (Å²) in [5.74, 6) is -1.51. The molecule has 2 heterocycles. The van der Waals surface area contributed by atoms with Crippen LogP contribution in [-0.2, 0) is 0 Å². The van der Waals surface area contributed by atoms with Gasteiger partial charge < -0.3 is 4.42 Å². The van der Waals surface area contributed by atoms with Crippen LogP contribution in [-0.4, -0.2) is 29.3 Å². The Labute approximate surface area is 169 Å². The summed E-state index contributed by atoms with van der Waals surface area (Å²) >= 11 is 12.4. The molecule has 0 saturated carbocycles. The van der Waals surface area contributed by atoms with Gasteiger partial charge in [-0.15, -0.1) is 0 Å². The van der Waals surface area contributed by atoms with Crippen molar-refractivity contribution in [2.24, 2.45) is 0 Å². The minimum Gasteiger partial charge on any atom is -0.459 e. The zero-order valence-corrected chi connectivity index (χ0v) is 15.8. The van der Waals surface area contributed by atoms with E-state index in [2.05, 4.69) is 0 Å². The lowest BCUT2D eigenvalue weighted by molar-refractivity contribution is 0.0649. The van der Waals surface area contributed by atoms with Crippen LogP contribution in [0, 0.1) is 0 Å². The molecule has 1 aliphatic rings. The number of anilines is 1. The Balaban J connectivity index is 1.75. The predicted molar refractivity (Wildman–Crippen MR) is 104 cm³/mol. The van der Waals surface area contributed by atoms with Gasteiger partial charge in [-0.1, -0.05) is 41.4 Å². The minimum absolute atomic E-state index is 0.0349. The zero-order valence-electron chi connectivity index (χ0n) is 14.3. The van der Waals surface area contributed by atoms with Gasteiger partial charge in [-0.05, 0) is 36.4 Å². The highest BCUT2D eigenvalue weighted by Gasteiger charge is 2.38. The second-order valence-electron chi connectivity index (χ2n) is 6.01. The number of carbonyl (C=O) groups is 3. The zero-order chi connectivity index (χ0) is 19.8. The molecular formula is C20H12Cl2N2O4. The predicted octanol–water partition coefficient (Wildman–Crippen LogP) is 4.49. The lowest BCUT2D eigenvalue weighted by Crippen LogP contribution is -2.44. The Bertz CT molecular complexity index is 1060. The highest BCUT2D eigenvalue weighted by atomic mass is 35.5. The molecule has 0 aliphatic carbocycles. The van der Waals surface area contributed by atoms with Crippen LogP contribution >= 0.6 is 23.2 Å². The third-order valence-electron chi connectivity index (χ3n) is 4.36. The summed E-state index contributed by atoms with van der Waals surface area (Å²) in [4.78, 5) is 40.6. The van der Waals surface area contributed by atoms with Crippen LogP contribution in [0.5, 0.6) is 0 Å². The molecule has 1 aromatic heterocycles. The number of hydrogen-bond donors (Lipinski definition) is 0. The van der Waals surface area contributed by atoms with Crippen LogP contribution in [0.2, 0.25) is 10.0 Å². The molecular weight excluding hydrogens is 403 g/mol. The molecule has 6 nitrogen and oxygen atoms in total. The molecule has 3 amide bonds. The monoisotopic (exact) mass is 414 g/mol. The van der Waals surface area contributed by atoms with E-state index in [4.69, 9.17) is 27.6 Å². The van der Waals surface area contributed by atoms with Crippen LogP contribution in [0.25, 0.3) is 0 Å². The third-order valence-corrected chi connectivity index (χ3v) is 5.17. The van der Waals surface area contributed by atoms with Gasteiger partial charge in [0.15, 0.2) is 5.76 Å². The van der Waals surface area contributed by atoms with Gasteiger partial charge in [0.2, 0.25) is 0 Å². The van der Waals surface area contributed by atoms with Crippen LogP contribution in [0.4, 0.5) is 5.69 Å². The normalized spacial score (nSPS) is 13.0. The van der Waals surface area contributed by atoms with Crippen molar-refractivity contribution in [2.45, 2.75) is 0 Å². The van der Waals surface area contributed by atoms with E-state index in [1.54, 1.807) is 48.5 Å². The van der Waals surface area contributed by atoms with Crippen LogP contribution in [0.15, 0.2) is 65.3 Å². The Kier molecular flexibility index (Phi) is 4.66. The Morgan fingerprint density at radius 3 is 2.21 bits per heavy atom. The smallest absolute Gasteiger partial charge is 0.295 e. The van der Waals surface area contributed by atoms with E-state index < -0.39 is 17.7 Å². The average molecular weight is 415 g/mol. The molecule has 140 valence electrons. The van der Waals surface area contributed by atoms with E-state index in [9.17, 15) is 14.4 Å². The standard InChI is InChI=1S/C20H12Cl2N2O4/c21-14-7-3-8-15(17(14)22)23(20(27)16-9-4-10-28-16)11-24-18(25)12-5-1-2-6-13(12)19(24)26/h1-10H,11H2. The molecule has 0 fully saturated rings. The van der Waals surface area contributed by atoms with Gasteiger partial charge in [-0.2, -0.15) is 0 Å². The van der Waals surface area contributed by atoms with Gasteiger partial charge in [-0.25, -0.2) is 0 Å². The summed E-state index contributed by atoms with van der Waals surface area (Å²) in [5.41, 5.74) is 0.831. The number of furan rings is 1. The molecule has 0 radical (unpaired) electrons. The summed E-state index contributed by atoms with van der Waals surface area (Å²) in [5, 5.41) is 0.361. The lowest BCUT2D eigenvalue weighted by atomic mass is 10.1. The van der Waals surface area contributed by atoms with Crippen molar-refractivity contribution >= 4 is 46.6 Å². The van der Waals surface area contributed by atoms with Crippen LogP contribution < -0.4 is 4.90 Å². The molecule has 0 spiro atoms. The highest BCUT2D eigenvalue weighted by Crippen LogP contribution is 2.34. The Morgan fingerprint density at radius 2 is 1.61 bits per heavy atom. The van der Waals surface area contributed by atoms with E-state index in [1.807, 2.05) is 0 Å². The molecule has 0 unspecified atom stereocenters. The van der Waals surface area contributed by atoms with E-state index >= 15 is 0 Å². The maximum absolute atomic E-state index is 13.0. The number of amides is 3. The van der Waals surface area contributed by atoms with Gasteiger partial charge in [0.05, 0.1) is 33.1 Å². The summed E-state index contributed by atoms with van der Waals surface area (Å²) in [6.45, 7) is -0.341. The first-order valence-electron chi connectivity index (χ1n) is 8.23. The molecule has 2 aromatic carbocycles. The number of rotatable bonds is 4. The molecule has 1 aliphatic heterocycles. The fraction of sp³-hybridized carbons (Fsp3) is 0.0500. The van der Waals surface area contributed by atoms with Crippen LogP contribution in [0.1, 0.15) is 31.3 Å². The molecule has 0 N–H and O–H groups in total. The number of carbonyl (C=O) groups excluding carboxylic acids is 3. The summed E-state index contributed by atoms with van der Waals surface area (Å²) in [7, 11) is 0.